The Morgan fingerprint density at radius 2 is 1.87 bits per heavy atom. The van der Waals surface area contributed by atoms with Gasteiger partial charge in [0, 0.05) is 33.1 Å². The number of halogens is 1. The largest absolute Gasteiger partial charge is 0.376 e. The number of guanidine groups is 1. The summed E-state index contributed by atoms with van der Waals surface area (Å²) < 4.78 is 8.29. The number of nitrogens with zero attached hydrogens (tertiary/aromatic N) is 4. The summed E-state index contributed by atoms with van der Waals surface area (Å²) in [5.41, 5.74) is 0. The minimum absolute atomic E-state index is 0. The summed E-state index contributed by atoms with van der Waals surface area (Å²) in [4.78, 5) is 4.31. The molecule has 0 saturated heterocycles. The van der Waals surface area contributed by atoms with Crippen molar-refractivity contribution in [3.63, 3.8) is 0 Å². The lowest BCUT2D eigenvalue weighted by molar-refractivity contribution is 0.0468. The zero-order chi connectivity index (χ0) is 20.9. The molecule has 0 aromatic carbocycles. The van der Waals surface area contributed by atoms with Gasteiger partial charge in [0.1, 0.15) is 5.82 Å². The molecule has 0 spiro atoms. The Bertz CT molecular complexity index is 602. The quantitative estimate of drug-likeness (QED) is 0.108. The van der Waals surface area contributed by atoms with Gasteiger partial charge in [0.25, 0.3) is 0 Å². The monoisotopic (exact) mass is 552 g/mol. The van der Waals surface area contributed by atoms with Crippen molar-refractivity contribution in [3.05, 3.63) is 5.82 Å². The fraction of sp³-hybridized carbons (Fsp3) is 0.857. The number of aryl methyl sites for hydroxylation is 1. The van der Waals surface area contributed by atoms with E-state index in [9.17, 15) is 0 Å². The predicted molar refractivity (Wildman–Crippen MR) is 137 cm³/mol. The minimum Gasteiger partial charge on any atom is -0.376 e. The standard InChI is InChI=1S/C21H40N6OS.HI/c1-17(2)16-27-19(25-26-21(27)29-4)12-9-13-23-20(22-3)24-14-15-28-18-10-7-5-6-8-11-18;/h17-18H,5-16H2,1-4H3,(H2,22,23,24);1H. The Labute approximate surface area is 204 Å². The van der Waals surface area contributed by atoms with Crippen molar-refractivity contribution >= 4 is 41.7 Å². The van der Waals surface area contributed by atoms with E-state index in [1.165, 1.54) is 38.5 Å². The highest BCUT2D eigenvalue weighted by Gasteiger charge is 2.13. The number of thioether (sulfide) groups is 1. The number of nitrogens with one attached hydrogen (secondary N) is 2. The molecule has 9 heteroatoms. The molecule has 1 aliphatic carbocycles. The topological polar surface area (TPSA) is 76.4 Å². The Morgan fingerprint density at radius 1 is 1.17 bits per heavy atom. The summed E-state index contributed by atoms with van der Waals surface area (Å²) in [6.45, 7) is 7.80. The van der Waals surface area contributed by atoms with Gasteiger partial charge < -0.3 is 19.9 Å². The molecule has 0 aliphatic heterocycles. The van der Waals surface area contributed by atoms with Gasteiger partial charge in [0.15, 0.2) is 11.1 Å². The first kappa shape index (κ1) is 27.5. The van der Waals surface area contributed by atoms with Gasteiger partial charge in [-0.15, -0.1) is 34.2 Å². The third-order valence-electron chi connectivity index (χ3n) is 5.17. The van der Waals surface area contributed by atoms with E-state index in [1.54, 1.807) is 11.8 Å². The highest BCUT2D eigenvalue weighted by molar-refractivity contribution is 14.0. The van der Waals surface area contributed by atoms with Crippen LogP contribution in [0.25, 0.3) is 0 Å². The van der Waals surface area contributed by atoms with E-state index in [1.807, 2.05) is 7.05 Å². The van der Waals surface area contributed by atoms with Crippen LogP contribution in [0.15, 0.2) is 10.1 Å². The van der Waals surface area contributed by atoms with E-state index >= 15 is 0 Å². The molecule has 0 atom stereocenters. The van der Waals surface area contributed by atoms with Crippen molar-refractivity contribution in [3.8, 4) is 0 Å². The summed E-state index contributed by atoms with van der Waals surface area (Å²) in [5.74, 6) is 2.49. The predicted octanol–water partition coefficient (Wildman–Crippen LogP) is 4.11. The lowest BCUT2D eigenvalue weighted by atomic mass is 10.1. The van der Waals surface area contributed by atoms with E-state index in [2.05, 4.69) is 50.5 Å². The van der Waals surface area contributed by atoms with Gasteiger partial charge in [-0.05, 0) is 31.4 Å². The smallest absolute Gasteiger partial charge is 0.191 e. The molecule has 0 unspecified atom stereocenters. The van der Waals surface area contributed by atoms with Crippen LogP contribution in [0.1, 0.15) is 64.6 Å². The molecular formula is C21H41IN6OS. The van der Waals surface area contributed by atoms with Crippen LogP contribution in [0.2, 0.25) is 0 Å². The number of hydrogen-bond donors (Lipinski definition) is 2. The number of rotatable bonds is 11. The molecule has 174 valence electrons. The molecule has 1 aromatic rings. The van der Waals surface area contributed by atoms with Gasteiger partial charge in [-0.3, -0.25) is 4.99 Å². The van der Waals surface area contributed by atoms with Crippen molar-refractivity contribution in [2.75, 3.05) is 33.0 Å². The maximum absolute atomic E-state index is 6.03. The van der Waals surface area contributed by atoms with Crippen molar-refractivity contribution in [1.82, 2.24) is 25.4 Å². The molecule has 1 heterocycles. The molecular weight excluding hydrogens is 511 g/mol. The van der Waals surface area contributed by atoms with Crippen molar-refractivity contribution < 1.29 is 4.74 Å². The second kappa shape index (κ2) is 16.1. The average Bonchev–Trinajstić information content (AvgIpc) is 2.90. The highest BCUT2D eigenvalue weighted by Crippen LogP contribution is 2.19. The van der Waals surface area contributed by atoms with Gasteiger partial charge in [0.05, 0.1) is 12.7 Å². The second-order valence-electron chi connectivity index (χ2n) is 8.12. The van der Waals surface area contributed by atoms with Crippen LogP contribution in [0.5, 0.6) is 0 Å². The van der Waals surface area contributed by atoms with E-state index in [0.717, 1.165) is 56.0 Å². The normalized spacial score (nSPS) is 15.7. The first-order valence-corrected chi connectivity index (χ1v) is 12.4. The molecule has 0 amide bonds. The van der Waals surface area contributed by atoms with Crippen LogP contribution >= 0.6 is 35.7 Å². The van der Waals surface area contributed by atoms with E-state index in [-0.39, 0.29) is 24.0 Å². The number of aromatic nitrogens is 3. The Balaban J connectivity index is 0.00000450. The molecule has 1 aromatic heterocycles. The molecule has 0 bridgehead atoms. The third-order valence-corrected chi connectivity index (χ3v) is 5.83. The Kier molecular flexibility index (Phi) is 14.8. The van der Waals surface area contributed by atoms with Crippen molar-refractivity contribution in [2.24, 2.45) is 10.9 Å². The summed E-state index contributed by atoms with van der Waals surface area (Å²) in [5, 5.41) is 16.5. The molecule has 2 N–H and O–H groups in total. The molecule has 30 heavy (non-hydrogen) atoms. The van der Waals surface area contributed by atoms with Gasteiger partial charge in [-0.25, -0.2) is 0 Å². The molecule has 1 aliphatic rings. The minimum atomic E-state index is 0. The van der Waals surface area contributed by atoms with Crippen LogP contribution in [-0.2, 0) is 17.7 Å². The van der Waals surface area contributed by atoms with Crippen molar-refractivity contribution in [1.29, 1.82) is 0 Å². The molecule has 2 rings (SSSR count). The third kappa shape index (κ3) is 10.2. The van der Waals surface area contributed by atoms with Crippen LogP contribution in [-0.4, -0.2) is 59.8 Å². The Hall–Kier alpha value is -0.550. The van der Waals surface area contributed by atoms with Crippen LogP contribution < -0.4 is 10.6 Å². The number of ether oxygens (including phenoxy) is 1. The lowest BCUT2D eigenvalue weighted by Gasteiger charge is -2.17. The van der Waals surface area contributed by atoms with E-state index in [0.29, 0.717) is 12.0 Å². The van der Waals surface area contributed by atoms with Crippen molar-refractivity contribution in [2.45, 2.75) is 83.0 Å². The summed E-state index contributed by atoms with van der Waals surface area (Å²) >= 11 is 1.66. The number of hydrogen-bond acceptors (Lipinski definition) is 5. The summed E-state index contributed by atoms with van der Waals surface area (Å²) in [6.07, 6.45) is 12.2. The molecule has 7 nitrogen and oxygen atoms in total. The summed E-state index contributed by atoms with van der Waals surface area (Å²) in [7, 11) is 1.81. The van der Waals surface area contributed by atoms with Gasteiger partial charge in [0.2, 0.25) is 0 Å². The molecule has 0 radical (unpaired) electrons. The lowest BCUT2D eigenvalue weighted by Crippen LogP contribution is -2.39. The Morgan fingerprint density at radius 3 is 2.50 bits per heavy atom. The number of aliphatic imine (C=N–C) groups is 1. The van der Waals surface area contributed by atoms with Gasteiger partial charge >= 0.3 is 0 Å². The molecule has 1 fully saturated rings. The van der Waals surface area contributed by atoms with Crippen LogP contribution in [0.4, 0.5) is 0 Å². The SMILES string of the molecule is CN=C(NCCCc1nnc(SC)n1CC(C)C)NCCOC1CCCCCC1.I. The maximum Gasteiger partial charge on any atom is 0.191 e. The zero-order valence-corrected chi connectivity index (χ0v) is 22.3. The first-order chi connectivity index (χ1) is 14.1. The van der Waals surface area contributed by atoms with Crippen LogP contribution in [0, 0.1) is 5.92 Å². The maximum atomic E-state index is 6.03. The fourth-order valence-corrected chi connectivity index (χ4v) is 4.20. The second-order valence-corrected chi connectivity index (χ2v) is 8.89. The zero-order valence-electron chi connectivity index (χ0n) is 19.2. The van der Waals surface area contributed by atoms with Gasteiger partial charge in [-0.1, -0.05) is 51.3 Å². The molecule has 1 saturated carbocycles. The summed E-state index contributed by atoms with van der Waals surface area (Å²) in [6, 6.07) is 0. The van der Waals surface area contributed by atoms with Crippen LogP contribution in [0.3, 0.4) is 0 Å². The van der Waals surface area contributed by atoms with E-state index in [4.69, 9.17) is 4.74 Å². The van der Waals surface area contributed by atoms with E-state index < -0.39 is 0 Å². The fourth-order valence-electron chi connectivity index (χ4n) is 3.68. The van der Waals surface area contributed by atoms with Gasteiger partial charge in [-0.2, -0.15) is 0 Å². The highest BCUT2D eigenvalue weighted by atomic mass is 127. The average molecular weight is 553 g/mol. The first-order valence-electron chi connectivity index (χ1n) is 11.2.